The highest BCUT2D eigenvalue weighted by molar-refractivity contribution is 14.0. The van der Waals surface area contributed by atoms with Crippen molar-refractivity contribution in [3.8, 4) is 5.88 Å². The van der Waals surface area contributed by atoms with Crippen molar-refractivity contribution in [2.24, 2.45) is 4.99 Å². The maximum Gasteiger partial charge on any atom is 0.218 e. The van der Waals surface area contributed by atoms with E-state index in [1.807, 2.05) is 25.1 Å². The molecule has 1 atom stereocenters. The highest BCUT2D eigenvalue weighted by Crippen LogP contribution is 2.16. The molecule has 0 radical (unpaired) electrons. The molecule has 25 heavy (non-hydrogen) atoms. The summed E-state index contributed by atoms with van der Waals surface area (Å²) in [5.74, 6) is 0.993. The number of aliphatic imine (C=N–C) groups is 1. The van der Waals surface area contributed by atoms with Crippen LogP contribution in [0.4, 0.5) is 4.39 Å². The third kappa shape index (κ3) is 5.84. The normalized spacial score (nSPS) is 12.1. The van der Waals surface area contributed by atoms with Crippen LogP contribution in [0.15, 0.2) is 41.5 Å². The highest BCUT2D eigenvalue weighted by atomic mass is 127. The number of hydrogen-bond acceptors (Lipinski definition) is 3. The lowest BCUT2D eigenvalue weighted by molar-refractivity contribution is 0.392. The van der Waals surface area contributed by atoms with Crippen LogP contribution >= 0.6 is 24.0 Å². The molecule has 0 amide bonds. The van der Waals surface area contributed by atoms with Gasteiger partial charge in [-0.3, -0.25) is 4.99 Å². The zero-order valence-electron chi connectivity index (χ0n) is 14.8. The minimum Gasteiger partial charge on any atom is -0.481 e. The molecule has 0 spiro atoms. The minimum atomic E-state index is -0.204. The number of pyridine rings is 1. The number of methoxy groups -OCH3 is 1. The van der Waals surface area contributed by atoms with E-state index in [2.05, 4.69) is 20.6 Å². The van der Waals surface area contributed by atoms with Gasteiger partial charge in [-0.15, -0.1) is 24.0 Å². The molecule has 0 saturated carbocycles. The summed E-state index contributed by atoms with van der Waals surface area (Å²) in [7, 11) is 3.28. The van der Waals surface area contributed by atoms with E-state index in [0.29, 0.717) is 23.9 Å². The minimum absolute atomic E-state index is 0. The molecule has 0 aliphatic rings. The number of benzene rings is 1. The Hall–Kier alpha value is -1.90. The van der Waals surface area contributed by atoms with Crippen LogP contribution in [0.5, 0.6) is 5.88 Å². The number of nitrogens with zero attached hydrogens (tertiary/aromatic N) is 2. The summed E-state index contributed by atoms with van der Waals surface area (Å²) in [4.78, 5) is 8.37. The molecule has 2 rings (SSSR count). The van der Waals surface area contributed by atoms with Crippen molar-refractivity contribution in [2.75, 3.05) is 14.2 Å². The number of nitrogens with one attached hydrogen (secondary N) is 2. The fourth-order valence-corrected chi connectivity index (χ4v) is 2.28. The van der Waals surface area contributed by atoms with Gasteiger partial charge in [-0.1, -0.05) is 18.2 Å². The van der Waals surface area contributed by atoms with Gasteiger partial charge in [-0.25, -0.2) is 9.37 Å². The molecular formula is C18H24FIN4O. The maximum atomic E-state index is 13.7. The number of halogens is 2. The molecule has 2 aromatic rings. The van der Waals surface area contributed by atoms with E-state index in [4.69, 9.17) is 4.74 Å². The van der Waals surface area contributed by atoms with E-state index < -0.39 is 0 Å². The average molecular weight is 458 g/mol. The zero-order valence-corrected chi connectivity index (χ0v) is 17.2. The molecule has 1 aromatic heterocycles. The van der Waals surface area contributed by atoms with Crippen LogP contribution in [-0.2, 0) is 6.54 Å². The average Bonchev–Trinajstić information content (AvgIpc) is 2.60. The standard InChI is InChI=1S/C18H23FN4O.HI/c1-12-7-8-14(10-16(12)19)13(2)23-18(20-3)22-11-15-6-5-9-21-17(15)24-4;/h5-10,13H,11H2,1-4H3,(H2,20,22,23);1H. The van der Waals surface area contributed by atoms with Crippen molar-refractivity contribution in [1.82, 2.24) is 15.6 Å². The van der Waals surface area contributed by atoms with E-state index in [1.54, 1.807) is 39.4 Å². The van der Waals surface area contributed by atoms with Crippen LogP contribution in [-0.4, -0.2) is 25.1 Å². The Kier molecular flexibility index (Phi) is 8.60. The van der Waals surface area contributed by atoms with Crippen LogP contribution in [0.3, 0.4) is 0 Å². The quantitative estimate of drug-likeness (QED) is 0.409. The topological polar surface area (TPSA) is 58.5 Å². The largest absolute Gasteiger partial charge is 0.481 e. The second-order valence-corrected chi connectivity index (χ2v) is 5.47. The van der Waals surface area contributed by atoms with Crippen LogP contribution in [0, 0.1) is 12.7 Å². The van der Waals surface area contributed by atoms with Gasteiger partial charge in [0.15, 0.2) is 5.96 Å². The molecule has 1 unspecified atom stereocenters. The molecule has 7 heteroatoms. The summed E-state index contributed by atoms with van der Waals surface area (Å²) in [6.07, 6.45) is 1.68. The van der Waals surface area contributed by atoms with Crippen LogP contribution in [0.2, 0.25) is 0 Å². The first-order valence-corrected chi connectivity index (χ1v) is 7.76. The van der Waals surface area contributed by atoms with Gasteiger partial charge < -0.3 is 15.4 Å². The molecule has 1 heterocycles. The number of aryl methyl sites for hydroxylation is 1. The van der Waals surface area contributed by atoms with Crippen LogP contribution < -0.4 is 15.4 Å². The van der Waals surface area contributed by atoms with Gasteiger partial charge in [0.25, 0.3) is 0 Å². The van der Waals surface area contributed by atoms with Gasteiger partial charge in [-0.05, 0) is 37.1 Å². The van der Waals surface area contributed by atoms with Crippen molar-refractivity contribution in [1.29, 1.82) is 0 Å². The van der Waals surface area contributed by atoms with Gasteiger partial charge in [0.2, 0.25) is 5.88 Å². The van der Waals surface area contributed by atoms with Crippen LogP contribution in [0.25, 0.3) is 0 Å². The first-order chi connectivity index (χ1) is 11.5. The molecule has 136 valence electrons. The first kappa shape index (κ1) is 21.1. The van der Waals surface area contributed by atoms with E-state index in [9.17, 15) is 4.39 Å². The van der Waals surface area contributed by atoms with Crippen molar-refractivity contribution in [2.45, 2.75) is 26.4 Å². The summed E-state index contributed by atoms with van der Waals surface area (Å²) in [6, 6.07) is 8.94. The number of rotatable bonds is 5. The molecule has 0 aliphatic heterocycles. The molecule has 5 nitrogen and oxygen atoms in total. The zero-order chi connectivity index (χ0) is 17.5. The fourth-order valence-electron chi connectivity index (χ4n) is 2.28. The first-order valence-electron chi connectivity index (χ1n) is 7.76. The van der Waals surface area contributed by atoms with Gasteiger partial charge in [0, 0.05) is 25.4 Å². The third-order valence-electron chi connectivity index (χ3n) is 3.76. The lowest BCUT2D eigenvalue weighted by Gasteiger charge is -2.19. The predicted molar refractivity (Wildman–Crippen MR) is 109 cm³/mol. The van der Waals surface area contributed by atoms with E-state index in [-0.39, 0.29) is 35.8 Å². The van der Waals surface area contributed by atoms with Crippen molar-refractivity contribution >= 4 is 29.9 Å². The monoisotopic (exact) mass is 458 g/mol. The number of guanidine groups is 1. The number of aromatic nitrogens is 1. The Labute approximate surface area is 165 Å². The summed E-state index contributed by atoms with van der Waals surface area (Å²) in [6.45, 7) is 4.23. The molecule has 1 aromatic carbocycles. The predicted octanol–water partition coefficient (Wildman–Crippen LogP) is 3.58. The van der Waals surface area contributed by atoms with Gasteiger partial charge in [0.1, 0.15) is 5.82 Å². The third-order valence-corrected chi connectivity index (χ3v) is 3.76. The van der Waals surface area contributed by atoms with Gasteiger partial charge in [0.05, 0.1) is 13.2 Å². The molecule has 0 aliphatic carbocycles. The lowest BCUT2D eigenvalue weighted by atomic mass is 10.1. The van der Waals surface area contributed by atoms with Crippen molar-refractivity contribution < 1.29 is 9.13 Å². The van der Waals surface area contributed by atoms with E-state index in [0.717, 1.165) is 11.1 Å². The Morgan fingerprint density at radius 1 is 1.36 bits per heavy atom. The Morgan fingerprint density at radius 2 is 2.12 bits per heavy atom. The van der Waals surface area contributed by atoms with Crippen molar-refractivity contribution in [3.05, 3.63) is 59.0 Å². The van der Waals surface area contributed by atoms with Crippen LogP contribution in [0.1, 0.15) is 29.7 Å². The lowest BCUT2D eigenvalue weighted by Crippen LogP contribution is -2.38. The molecule has 0 fully saturated rings. The number of ether oxygens (including phenoxy) is 1. The second-order valence-electron chi connectivity index (χ2n) is 5.47. The Bertz CT molecular complexity index is 724. The smallest absolute Gasteiger partial charge is 0.218 e. The summed E-state index contributed by atoms with van der Waals surface area (Å²) in [5.41, 5.74) is 2.43. The highest BCUT2D eigenvalue weighted by Gasteiger charge is 2.10. The van der Waals surface area contributed by atoms with Crippen molar-refractivity contribution in [3.63, 3.8) is 0 Å². The second kappa shape index (κ2) is 10.2. The molecular weight excluding hydrogens is 434 g/mol. The molecule has 0 bridgehead atoms. The Balaban J connectivity index is 0.00000312. The molecule has 0 saturated heterocycles. The fraction of sp³-hybridized carbons (Fsp3) is 0.333. The number of hydrogen-bond donors (Lipinski definition) is 2. The van der Waals surface area contributed by atoms with E-state index >= 15 is 0 Å². The Morgan fingerprint density at radius 3 is 2.76 bits per heavy atom. The van der Waals surface area contributed by atoms with Gasteiger partial charge >= 0.3 is 0 Å². The van der Waals surface area contributed by atoms with Gasteiger partial charge in [-0.2, -0.15) is 0 Å². The summed E-state index contributed by atoms with van der Waals surface area (Å²) in [5, 5.41) is 6.46. The SMILES string of the molecule is CN=C(NCc1cccnc1OC)NC(C)c1ccc(C)c(F)c1.I. The summed E-state index contributed by atoms with van der Waals surface area (Å²) < 4.78 is 19.0. The summed E-state index contributed by atoms with van der Waals surface area (Å²) >= 11 is 0. The molecule has 2 N–H and O–H groups in total. The van der Waals surface area contributed by atoms with E-state index in [1.165, 1.54) is 0 Å². The maximum absolute atomic E-state index is 13.7.